The van der Waals surface area contributed by atoms with Gasteiger partial charge < -0.3 is 25.0 Å². The van der Waals surface area contributed by atoms with Gasteiger partial charge in [0.05, 0.1) is 36.9 Å². The van der Waals surface area contributed by atoms with Crippen molar-refractivity contribution >= 4 is 34.4 Å². The minimum Gasteiger partial charge on any atom is -0.497 e. The number of anilines is 1. The van der Waals surface area contributed by atoms with Crippen molar-refractivity contribution in [1.29, 1.82) is 0 Å². The van der Waals surface area contributed by atoms with Crippen molar-refractivity contribution in [2.45, 2.75) is 38.3 Å². The predicted molar refractivity (Wildman–Crippen MR) is 145 cm³/mol. The highest BCUT2D eigenvalue weighted by molar-refractivity contribution is 8.16. The summed E-state index contributed by atoms with van der Waals surface area (Å²) in [6.45, 7) is 3.10. The van der Waals surface area contributed by atoms with E-state index in [-0.39, 0.29) is 24.3 Å². The van der Waals surface area contributed by atoms with E-state index in [1.54, 1.807) is 7.11 Å². The molecule has 0 radical (unpaired) electrons. The van der Waals surface area contributed by atoms with E-state index in [1.165, 1.54) is 11.8 Å². The Balaban J connectivity index is 1.44. The molecular formula is C28H30N4O4S. The summed E-state index contributed by atoms with van der Waals surface area (Å²) in [5.41, 5.74) is 3.52. The average Bonchev–Trinajstić information content (AvgIpc) is 3.57. The lowest BCUT2D eigenvalue weighted by molar-refractivity contribution is -0.121. The number of benzene rings is 2. The number of carbonyl (C=O) groups is 2. The zero-order chi connectivity index (χ0) is 25.8. The molecule has 8 nitrogen and oxygen atoms in total. The van der Waals surface area contributed by atoms with Crippen LogP contribution in [0.15, 0.2) is 82.0 Å². The molecule has 2 aromatic carbocycles. The van der Waals surface area contributed by atoms with Crippen molar-refractivity contribution in [3.63, 3.8) is 0 Å². The summed E-state index contributed by atoms with van der Waals surface area (Å²) in [5, 5.41) is 8.70. The van der Waals surface area contributed by atoms with E-state index in [1.807, 2.05) is 71.8 Å². The second-order valence-electron chi connectivity index (χ2n) is 9.11. The molecule has 0 bridgehead atoms. The van der Waals surface area contributed by atoms with Gasteiger partial charge in [-0.1, -0.05) is 42.1 Å². The van der Waals surface area contributed by atoms with Crippen molar-refractivity contribution < 1.29 is 19.1 Å². The number of hydrogen-bond donors (Lipinski definition) is 2. The molecule has 2 N–H and O–H groups in total. The van der Waals surface area contributed by atoms with Crippen LogP contribution in [-0.4, -0.2) is 48.2 Å². The highest BCUT2D eigenvalue weighted by atomic mass is 32.2. The first-order valence-electron chi connectivity index (χ1n) is 12.4. The van der Waals surface area contributed by atoms with Crippen molar-refractivity contribution in [1.82, 2.24) is 10.2 Å². The largest absolute Gasteiger partial charge is 0.497 e. The van der Waals surface area contributed by atoms with E-state index in [0.717, 1.165) is 35.9 Å². The summed E-state index contributed by atoms with van der Waals surface area (Å²) < 4.78 is 11.1. The maximum Gasteiger partial charge on any atom is 0.255 e. The Morgan fingerprint density at radius 1 is 1.19 bits per heavy atom. The lowest BCUT2D eigenvalue weighted by Crippen LogP contribution is -2.39. The molecule has 3 aliphatic heterocycles. The summed E-state index contributed by atoms with van der Waals surface area (Å²) in [5.74, 6) is 0.363. The first-order chi connectivity index (χ1) is 18.0. The summed E-state index contributed by atoms with van der Waals surface area (Å²) in [4.78, 5) is 33.3. The molecule has 3 heterocycles. The Kier molecular flexibility index (Phi) is 7.62. The van der Waals surface area contributed by atoms with Crippen LogP contribution in [0.4, 0.5) is 5.69 Å². The standard InChI is InChI=1S/C28H30N4O4S/c1-18-25(27(34)31-20-9-4-3-5-10-20)26(19-8-6-11-22(14-19)35-2)32-21(17-37-28(32)30-18)15-24(33)29-16-23-12-7-13-36-23/h3-6,8-11,14,17,23,26H,7,12-13,15-16H2,1-2H3,(H,29,33)(H,31,34)/t23-,26+/m1/s1. The molecule has 37 heavy (non-hydrogen) atoms. The summed E-state index contributed by atoms with van der Waals surface area (Å²) >= 11 is 1.46. The molecule has 1 fully saturated rings. The number of amides is 2. The molecule has 192 valence electrons. The van der Waals surface area contributed by atoms with Crippen LogP contribution in [-0.2, 0) is 14.3 Å². The highest BCUT2D eigenvalue weighted by Crippen LogP contribution is 2.45. The number of fused-ring (bicyclic) bond motifs is 1. The number of aliphatic imine (C=N–C) groups is 1. The number of rotatable bonds is 8. The van der Waals surface area contributed by atoms with Gasteiger partial charge in [-0.2, -0.15) is 0 Å². The smallest absolute Gasteiger partial charge is 0.255 e. The monoisotopic (exact) mass is 518 g/mol. The van der Waals surface area contributed by atoms with E-state index in [2.05, 4.69) is 10.6 Å². The fraction of sp³-hybridized carbons (Fsp3) is 0.321. The molecule has 5 rings (SSSR count). The summed E-state index contributed by atoms with van der Waals surface area (Å²) in [6, 6.07) is 16.5. The van der Waals surface area contributed by atoms with E-state index in [9.17, 15) is 9.59 Å². The number of allylic oxidation sites excluding steroid dienone is 1. The first kappa shape index (κ1) is 25.1. The molecular weight excluding hydrogens is 488 g/mol. The maximum absolute atomic E-state index is 13.7. The quantitative estimate of drug-likeness (QED) is 0.531. The second kappa shape index (κ2) is 11.2. The molecule has 1 saturated heterocycles. The topological polar surface area (TPSA) is 92.3 Å². The van der Waals surface area contributed by atoms with Crippen LogP contribution in [0.5, 0.6) is 5.75 Å². The molecule has 2 atom stereocenters. The zero-order valence-corrected chi connectivity index (χ0v) is 21.7. The fourth-order valence-corrected chi connectivity index (χ4v) is 5.73. The number of nitrogens with one attached hydrogen (secondary N) is 2. The van der Waals surface area contributed by atoms with Gasteiger partial charge in [0.15, 0.2) is 5.17 Å². The molecule has 0 spiro atoms. The van der Waals surface area contributed by atoms with Gasteiger partial charge >= 0.3 is 0 Å². The van der Waals surface area contributed by atoms with Gasteiger partial charge in [-0.05, 0) is 55.0 Å². The molecule has 2 aromatic rings. The highest BCUT2D eigenvalue weighted by Gasteiger charge is 2.40. The van der Waals surface area contributed by atoms with Gasteiger partial charge in [0.25, 0.3) is 5.91 Å². The Morgan fingerprint density at radius 3 is 2.78 bits per heavy atom. The third-order valence-corrected chi connectivity index (χ3v) is 7.47. The third kappa shape index (κ3) is 5.57. The van der Waals surface area contributed by atoms with E-state index in [4.69, 9.17) is 14.5 Å². The van der Waals surface area contributed by atoms with Crippen LogP contribution in [0.1, 0.15) is 37.8 Å². The Labute approximate surface area is 220 Å². The lowest BCUT2D eigenvalue weighted by atomic mass is 9.93. The van der Waals surface area contributed by atoms with Gasteiger partial charge in [0, 0.05) is 24.5 Å². The van der Waals surface area contributed by atoms with E-state index in [0.29, 0.717) is 29.3 Å². The molecule has 0 aliphatic carbocycles. The maximum atomic E-state index is 13.7. The number of carbonyl (C=O) groups excluding carboxylic acids is 2. The van der Waals surface area contributed by atoms with Gasteiger partial charge in [0.1, 0.15) is 5.75 Å². The Bertz CT molecular complexity index is 1270. The predicted octanol–water partition coefficient (Wildman–Crippen LogP) is 4.59. The normalized spacial score (nSPS) is 20.8. The van der Waals surface area contributed by atoms with Crippen LogP contribution >= 0.6 is 11.8 Å². The van der Waals surface area contributed by atoms with Crippen LogP contribution < -0.4 is 15.4 Å². The van der Waals surface area contributed by atoms with Crippen molar-refractivity contribution in [3.05, 3.63) is 82.5 Å². The van der Waals surface area contributed by atoms with Crippen LogP contribution in [0, 0.1) is 0 Å². The third-order valence-electron chi connectivity index (χ3n) is 6.58. The number of ether oxygens (including phenoxy) is 2. The number of methoxy groups -OCH3 is 1. The second-order valence-corrected chi connectivity index (χ2v) is 9.94. The lowest BCUT2D eigenvalue weighted by Gasteiger charge is -2.36. The zero-order valence-electron chi connectivity index (χ0n) is 20.9. The average molecular weight is 519 g/mol. The van der Waals surface area contributed by atoms with Crippen molar-refractivity contribution in [2.24, 2.45) is 4.99 Å². The number of thioether (sulfide) groups is 1. The van der Waals surface area contributed by atoms with E-state index >= 15 is 0 Å². The van der Waals surface area contributed by atoms with Crippen molar-refractivity contribution in [2.75, 3.05) is 25.6 Å². The van der Waals surface area contributed by atoms with Gasteiger partial charge in [-0.15, -0.1) is 0 Å². The molecule has 0 unspecified atom stereocenters. The fourth-order valence-electron chi connectivity index (χ4n) is 4.77. The van der Waals surface area contributed by atoms with Crippen molar-refractivity contribution in [3.8, 4) is 5.75 Å². The summed E-state index contributed by atoms with van der Waals surface area (Å²) in [7, 11) is 1.62. The Hall–Kier alpha value is -3.56. The minimum atomic E-state index is -0.474. The molecule has 2 amide bonds. The van der Waals surface area contributed by atoms with Gasteiger partial charge in [-0.25, -0.2) is 4.99 Å². The Morgan fingerprint density at radius 2 is 2.03 bits per heavy atom. The molecule has 0 aromatic heterocycles. The van der Waals surface area contributed by atoms with Crippen LogP contribution in [0.2, 0.25) is 0 Å². The molecule has 9 heteroatoms. The van der Waals surface area contributed by atoms with Gasteiger partial charge in [0.2, 0.25) is 5.91 Å². The SMILES string of the molecule is COc1cccc([C@H]2C(C(=O)Nc3ccccc3)=C(C)N=C3SC=C(CC(=O)NC[C@H]4CCCO4)N32)c1. The van der Waals surface area contributed by atoms with Crippen LogP contribution in [0.3, 0.4) is 0 Å². The molecule has 0 saturated carbocycles. The van der Waals surface area contributed by atoms with Gasteiger partial charge in [-0.3, -0.25) is 9.59 Å². The number of para-hydroxylation sites is 1. The molecule has 3 aliphatic rings. The minimum absolute atomic E-state index is 0.0754. The summed E-state index contributed by atoms with van der Waals surface area (Å²) in [6.07, 6.45) is 2.24. The number of amidine groups is 1. The number of nitrogens with zero attached hydrogens (tertiary/aromatic N) is 2. The van der Waals surface area contributed by atoms with Crippen LogP contribution in [0.25, 0.3) is 0 Å². The number of hydrogen-bond acceptors (Lipinski definition) is 7. The van der Waals surface area contributed by atoms with E-state index < -0.39 is 6.04 Å². The first-order valence-corrected chi connectivity index (χ1v) is 13.2.